The Balaban J connectivity index is 1.74. The summed E-state index contributed by atoms with van der Waals surface area (Å²) in [5, 5.41) is 0. The SMILES string of the molecule is CCCN1CCCC(N2CC(N)C2)CC1. The van der Waals surface area contributed by atoms with Crippen molar-refractivity contribution in [2.75, 3.05) is 32.7 Å². The zero-order valence-corrected chi connectivity index (χ0v) is 9.99. The van der Waals surface area contributed by atoms with Gasteiger partial charge in [0, 0.05) is 25.2 Å². The highest BCUT2D eigenvalue weighted by Gasteiger charge is 2.30. The minimum absolute atomic E-state index is 0.458. The van der Waals surface area contributed by atoms with E-state index < -0.39 is 0 Å². The maximum absolute atomic E-state index is 5.84. The Morgan fingerprint density at radius 2 is 2.00 bits per heavy atom. The fraction of sp³-hybridized carbons (Fsp3) is 1.00. The van der Waals surface area contributed by atoms with E-state index in [1.807, 2.05) is 0 Å². The Labute approximate surface area is 93.6 Å². The molecule has 2 aliphatic heterocycles. The molecule has 15 heavy (non-hydrogen) atoms. The molecule has 2 aliphatic rings. The monoisotopic (exact) mass is 211 g/mol. The molecule has 2 N–H and O–H groups in total. The Bertz CT molecular complexity index is 189. The highest BCUT2D eigenvalue weighted by molar-refractivity contribution is 4.89. The molecule has 1 unspecified atom stereocenters. The van der Waals surface area contributed by atoms with Crippen LogP contribution in [0.5, 0.6) is 0 Å². The third-order valence-electron chi connectivity index (χ3n) is 3.78. The van der Waals surface area contributed by atoms with E-state index in [0.29, 0.717) is 6.04 Å². The van der Waals surface area contributed by atoms with Gasteiger partial charge in [-0.1, -0.05) is 6.92 Å². The Morgan fingerprint density at radius 1 is 1.20 bits per heavy atom. The topological polar surface area (TPSA) is 32.5 Å². The van der Waals surface area contributed by atoms with Crippen molar-refractivity contribution in [3.63, 3.8) is 0 Å². The van der Waals surface area contributed by atoms with E-state index in [2.05, 4.69) is 16.7 Å². The summed E-state index contributed by atoms with van der Waals surface area (Å²) in [7, 11) is 0. The van der Waals surface area contributed by atoms with Gasteiger partial charge in [0.15, 0.2) is 0 Å². The van der Waals surface area contributed by atoms with Gasteiger partial charge < -0.3 is 10.6 Å². The number of nitrogens with two attached hydrogens (primary N) is 1. The molecule has 0 saturated carbocycles. The van der Waals surface area contributed by atoms with Gasteiger partial charge in [0.2, 0.25) is 0 Å². The highest BCUT2D eigenvalue weighted by atomic mass is 15.3. The summed E-state index contributed by atoms with van der Waals surface area (Å²) >= 11 is 0. The average molecular weight is 211 g/mol. The number of likely N-dealkylation sites (tertiary alicyclic amines) is 2. The van der Waals surface area contributed by atoms with Crippen LogP contribution in [-0.4, -0.2) is 54.6 Å². The third-order valence-corrected chi connectivity index (χ3v) is 3.78. The largest absolute Gasteiger partial charge is 0.325 e. The van der Waals surface area contributed by atoms with Crippen molar-refractivity contribution in [3.05, 3.63) is 0 Å². The van der Waals surface area contributed by atoms with E-state index in [9.17, 15) is 0 Å². The number of rotatable bonds is 3. The molecule has 0 amide bonds. The molecular weight excluding hydrogens is 186 g/mol. The van der Waals surface area contributed by atoms with Crippen LogP contribution >= 0.6 is 0 Å². The molecule has 1 atom stereocenters. The summed E-state index contributed by atoms with van der Waals surface area (Å²) in [4.78, 5) is 5.21. The van der Waals surface area contributed by atoms with E-state index in [0.717, 1.165) is 19.1 Å². The quantitative estimate of drug-likeness (QED) is 0.752. The van der Waals surface area contributed by atoms with Gasteiger partial charge in [0.25, 0.3) is 0 Å². The Morgan fingerprint density at radius 3 is 2.67 bits per heavy atom. The van der Waals surface area contributed by atoms with Crippen LogP contribution in [0.15, 0.2) is 0 Å². The van der Waals surface area contributed by atoms with Crippen molar-refractivity contribution < 1.29 is 0 Å². The van der Waals surface area contributed by atoms with Crippen molar-refractivity contribution in [1.29, 1.82) is 0 Å². The lowest BCUT2D eigenvalue weighted by molar-refractivity contribution is 0.0845. The van der Waals surface area contributed by atoms with Gasteiger partial charge in [-0.15, -0.1) is 0 Å². The van der Waals surface area contributed by atoms with Gasteiger partial charge in [-0.25, -0.2) is 0 Å². The molecule has 88 valence electrons. The smallest absolute Gasteiger partial charge is 0.0297 e. The van der Waals surface area contributed by atoms with Crippen LogP contribution in [0.4, 0.5) is 0 Å². The molecular formula is C12H25N3. The zero-order valence-electron chi connectivity index (χ0n) is 9.99. The van der Waals surface area contributed by atoms with E-state index in [4.69, 9.17) is 5.73 Å². The molecule has 0 aromatic rings. The molecule has 0 aromatic heterocycles. The molecule has 3 nitrogen and oxygen atoms in total. The van der Waals surface area contributed by atoms with E-state index >= 15 is 0 Å². The third kappa shape index (κ3) is 2.92. The molecule has 2 fully saturated rings. The standard InChI is InChI=1S/C12H25N3/c1-2-6-14-7-3-4-12(5-8-14)15-9-11(13)10-15/h11-12H,2-10,13H2,1H3. The van der Waals surface area contributed by atoms with E-state index in [1.165, 1.54) is 45.3 Å². The Hall–Kier alpha value is -0.120. The Kier molecular flexibility index (Phi) is 4.00. The van der Waals surface area contributed by atoms with Crippen molar-refractivity contribution in [1.82, 2.24) is 9.80 Å². The average Bonchev–Trinajstić information content (AvgIpc) is 2.39. The molecule has 0 radical (unpaired) electrons. The molecule has 2 rings (SSSR count). The summed E-state index contributed by atoms with van der Waals surface area (Å²) < 4.78 is 0. The van der Waals surface area contributed by atoms with Crippen LogP contribution in [0, 0.1) is 0 Å². The summed E-state index contributed by atoms with van der Waals surface area (Å²) in [6.07, 6.45) is 5.40. The predicted octanol–water partition coefficient (Wildman–Crippen LogP) is 0.894. The van der Waals surface area contributed by atoms with Crippen LogP contribution < -0.4 is 5.73 Å². The van der Waals surface area contributed by atoms with Gasteiger partial charge in [0.1, 0.15) is 0 Å². The second-order valence-electron chi connectivity index (χ2n) is 5.14. The van der Waals surface area contributed by atoms with Gasteiger partial charge >= 0.3 is 0 Å². The first-order valence-corrected chi connectivity index (χ1v) is 6.51. The van der Waals surface area contributed by atoms with Gasteiger partial charge in [-0.2, -0.15) is 0 Å². The van der Waals surface area contributed by atoms with Crippen LogP contribution in [0.3, 0.4) is 0 Å². The molecule has 0 aliphatic carbocycles. The minimum atomic E-state index is 0.458. The summed E-state index contributed by atoms with van der Waals surface area (Å²) in [5.74, 6) is 0. The fourth-order valence-corrected chi connectivity index (χ4v) is 2.89. The first-order valence-electron chi connectivity index (χ1n) is 6.51. The maximum atomic E-state index is 5.84. The molecule has 0 bridgehead atoms. The normalized spacial score (nSPS) is 31.2. The molecule has 0 aromatic carbocycles. The molecule has 3 heteroatoms. The molecule has 0 spiro atoms. The number of hydrogen-bond acceptors (Lipinski definition) is 3. The van der Waals surface area contributed by atoms with E-state index in [1.54, 1.807) is 0 Å². The summed E-state index contributed by atoms with van der Waals surface area (Å²) in [6.45, 7) is 8.44. The van der Waals surface area contributed by atoms with Crippen LogP contribution in [-0.2, 0) is 0 Å². The molecule has 2 saturated heterocycles. The lowest BCUT2D eigenvalue weighted by atomic mass is 10.0. The predicted molar refractivity (Wildman–Crippen MR) is 63.9 cm³/mol. The lowest BCUT2D eigenvalue weighted by Crippen LogP contribution is -2.59. The van der Waals surface area contributed by atoms with E-state index in [-0.39, 0.29) is 0 Å². The minimum Gasteiger partial charge on any atom is -0.325 e. The maximum Gasteiger partial charge on any atom is 0.0297 e. The summed E-state index contributed by atoms with van der Waals surface area (Å²) in [6, 6.07) is 1.28. The van der Waals surface area contributed by atoms with Gasteiger partial charge in [-0.05, 0) is 45.3 Å². The number of nitrogens with zero attached hydrogens (tertiary/aromatic N) is 2. The van der Waals surface area contributed by atoms with Gasteiger partial charge in [-0.3, -0.25) is 4.90 Å². The second-order valence-corrected chi connectivity index (χ2v) is 5.14. The van der Waals surface area contributed by atoms with Crippen molar-refractivity contribution in [3.8, 4) is 0 Å². The van der Waals surface area contributed by atoms with Crippen LogP contribution in [0.2, 0.25) is 0 Å². The van der Waals surface area contributed by atoms with Crippen LogP contribution in [0.1, 0.15) is 32.6 Å². The first-order chi connectivity index (χ1) is 7.29. The number of hydrogen-bond donors (Lipinski definition) is 1. The second kappa shape index (κ2) is 5.28. The summed E-state index contributed by atoms with van der Waals surface area (Å²) in [5.41, 5.74) is 5.84. The van der Waals surface area contributed by atoms with Gasteiger partial charge in [0.05, 0.1) is 0 Å². The van der Waals surface area contributed by atoms with Crippen LogP contribution in [0.25, 0.3) is 0 Å². The highest BCUT2D eigenvalue weighted by Crippen LogP contribution is 2.21. The zero-order chi connectivity index (χ0) is 10.7. The van der Waals surface area contributed by atoms with Crippen molar-refractivity contribution in [2.24, 2.45) is 5.73 Å². The molecule has 2 heterocycles. The van der Waals surface area contributed by atoms with Crippen molar-refractivity contribution >= 4 is 0 Å². The van der Waals surface area contributed by atoms with Crippen molar-refractivity contribution in [2.45, 2.75) is 44.7 Å². The lowest BCUT2D eigenvalue weighted by Gasteiger charge is -2.42. The fourth-order valence-electron chi connectivity index (χ4n) is 2.89. The first kappa shape index (κ1) is 11.4.